The zero-order valence-corrected chi connectivity index (χ0v) is 15.6. The van der Waals surface area contributed by atoms with Gasteiger partial charge in [0.15, 0.2) is 9.76 Å². The van der Waals surface area contributed by atoms with Gasteiger partial charge in [-0.2, -0.15) is 0 Å². The van der Waals surface area contributed by atoms with Crippen molar-refractivity contribution in [2.75, 3.05) is 33.5 Å². The average Bonchev–Trinajstić information content (AvgIpc) is 2.62. The number of ether oxygens (including phenoxy) is 2. The van der Waals surface area contributed by atoms with Crippen LogP contribution in [-0.2, 0) is 13.9 Å². The number of benzene rings is 3. The molecule has 0 amide bonds. The van der Waals surface area contributed by atoms with E-state index in [9.17, 15) is 0 Å². The van der Waals surface area contributed by atoms with Gasteiger partial charge in [-0.15, -0.1) is 0 Å². The standard InChI is InChI=1S/C20H24O3Si/c1-21-12-13-22-10-5-11-23-24-20-9-4-8-18-14-16-6-2-3-7-17(16)15-19(18)20/h2-4,6-9,14-15H,5,10-13,24H2,1H3. The van der Waals surface area contributed by atoms with Gasteiger partial charge in [0, 0.05) is 20.3 Å². The Morgan fingerprint density at radius 1 is 0.792 bits per heavy atom. The third kappa shape index (κ3) is 4.42. The summed E-state index contributed by atoms with van der Waals surface area (Å²) in [5.74, 6) is 0. The minimum absolute atomic E-state index is 0.652. The van der Waals surface area contributed by atoms with E-state index >= 15 is 0 Å². The van der Waals surface area contributed by atoms with Crippen LogP contribution >= 0.6 is 0 Å². The van der Waals surface area contributed by atoms with Crippen LogP contribution < -0.4 is 5.19 Å². The molecule has 0 unspecified atom stereocenters. The Morgan fingerprint density at radius 3 is 2.42 bits per heavy atom. The number of methoxy groups -OCH3 is 1. The Balaban J connectivity index is 1.59. The van der Waals surface area contributed by atoms with Gasteiger partial charge in [0.25, 0.3) is 0 Å². The van der Waals surface area contributed by atoms with E-state index in [1.54, 1.807) is 7.11 Å². The minimum Gasteiger partial charge on any atom is -0.418 e. The molecule has 0 N–H and O–H groups in total. The molecule has 3 aromatic carbocycles. The molecule has 0 saturated carbocycles. The molecule has 126 valence electrons. The van der Waals surface area contributed by atoms with Gasteiger partial charge >= 0.3 is 0 Å². The van der Waals surface area contributed by atoms with E-state index in [4.69, 9.17) is 13.9 Å². The highest BCUT2D eigenvalue weighted by Gasteiger charge is 2.04. The van der Waals surface area contributed by atoms with Crippen molar-refractivity contribution in [3.05, 3.63) is 54.6 Å². The first-order valence-electron chi connectivity index (χ1n) is 8.43. The monoisotopic (exact) mass is 340 g/mol. The lowest BCUT2D eigenvalue weighted by atomic mass is 10.0. The molecule has 3 rings (SSSR count). The first kappa shape index (κ1) is 17.1. The number of rotatable bonds is 9. The summed E-state index contributed by atoms with van der Waals surface area (Å²) in [6.45, 7) is 2.81. The molecule has 0 bridgehead atoms. The molecule has 24 heavy (non-hydrogen) atoms. The summed E-state index contributed by atoms with van der Waals surface area (Å²) in [5.41, 5.74) is 0. The number of hydrogen-bond acceptors (Lipinski definition) is 3. The zero-order valence-electron chi connectivity index (χ0n) is 14.2. The lowest BCUT2D eigenvalue weighted by molar-refractivity contribution is 0.0647. The topological polar surface area (TPSA) is 27.7 Å². The molecule has 0 aliphatic carbocycles. The number of hydrogen-bond donors (Lipinski definition) is 0. The summed E-state index contributed by atoms with van der Waals surface area (Å²) in [7, 11) is 0.962. The molecule has 0 heterocycles. The Kier molecular flexibility index (Phi) is 6.38. The van der Waals surface area contributed by atoms with Crippen LogP contribution in [0.1, 0.15) is 6.42 Å². The van der Waals surface area contributed by atoms with E-state index in [1.165, 1.54) is 26.7 Å². The van der Waals surface area contributed by atoms with Crippen LogP contribution in [0.25, 0.3) is 21.5 Å². The van der Waals surface area contributed by atoms with Crippen LogP contribution in [-0.4, -0.2) is 43.3 Å². The van der Waals surface area contributed by atoms with Gasteiger partial charge < -0.3 is 13.9 Å². The Bertz CT molecular complexity index is 788. The number of fused-ring (bicyclic) bond motifs is 2. The van der Waals surface area contributed by atoms with Gasteiger partial charge in [-0.25, -0.2) is 0 Å². The Labute approximate surface area is 145 Å². The maximum absolute atomic E-state index is 5.97. The summed E-state index contributed by atoms with van der Waals surface area (Å²) in [4.78, 5) is 0. The Morgan fingerprint density at radius 2 is 1.58 bits per heavy atom. The Hall–Kier alpha value is -1.72. The van der Waals surface area contributed by atoms with Crippen molar-refractivity contribution >= 4 is 36.5 Å². The summed E-state index contributed by atoms with van der Waals surface area (Å²) < 4.78 is 16.4. The molecular weight excluding hydrogens is 316 g/mol. The minimum atomic E-state index is -0.724. The van der Waals surface area contributed by atoms with Gasteiger partial charge in [-0.1, -0.05) is 42.5 Å². The third-order valence-electron chi connectivity index (χ3n) is 4.10. The second kappa shape index (κ2) is 8.94. The lowest BCUT2D eigenvalue weighted by Gasteiger charge is -2.09. The van der Waals surface area contributed by atoms with Crippen molar-refractivity contribution in [3.63, 3.8) is 0 Å². The molecule has 0 saturated heterocycles. The van der Waals surface area contributed by atoms with Crippen LogP contribution in [0.5, 0.6) is 0 Å². The summed E-state index contributed by atoms with van der Waals surface area (Å²) in [5, 5.41) is 6.58. The van der Waals surface area contributed by atoms with Crippen molar-refractivity contribution in [3.8, 4) is 0 Å². The van der Waals surface area contributed by atoms with E-state index in [2.05, 4.69) is 54.6 Å². The zero-order chi connectivity index (χ0) is 16.6. The molecule has 0 atom stereocenters. The predicted octanol–water partition coefficient (Wildman–Crippen LogP) is 2.77. The van der Waals surface area contributed by atoms with Crippen LogP contribution in [0.3, 0.4) is 0 Å². The molecule has 3 aromatic rings. The van der Waals surface area contributed by atoms with Crippen molar-refractivity contribution in [2.24, 2.45) is 0 Å². The molecule has 3 nitrogen and oxygen atoms in total. The molecular formula is C20H24O3Si. The fourth-order valence-electron chi connectivity index (χ4n) is 2.85. The highest BCUT2D eigenvalue weighted by Crippen LogP contribution is 2.21. The highest BCUT2D eigenvalue weighted by atomic mass is 28.2. The summed E-state index contributed by atoms with van der Waals surface area (Å²) in [6.07, 6.45) is 0.935. The molecule has 0 aromatic heterocycles. The second-order valence-corrected chi connectivity index (χ2v) is 7.31. The fraction of sp³-hybridized carbons (Fsp3) is 0.300. The van der Waals surface area contributed by atoms with E-state index in [-0.39, 0.29) is 0 Å². The lowest BCUT2D eigenvalue weighted by Crippen LogP contribution is -2.19. The van der Waals surface area contributed by atoms with Crippen LogP contribution in [0, 0.1) is 0 Å². The van der Waals surface area contributed by atoms with E-state index in [0.717, 1.165) is 19.6 Å². The first-order valence-corrected chi connectivity index (χ1v) is 9.72. The van der Waals surface area contributed by atoms with Crippen LogP contribution in [0.2, 0.25) is 0 Å². The normalized spacial score (nSPS) is 11.9. The van der Waals surface area contributed by atoms with Gasteiger partial charge in [0.2, 0.25) is 0 Å². The summed E-state index contributed by atoms with van der Waals surface area (Å²) >= 11 is 0. The first-order chi connectivity index (χ1) is 11.9. The third-order valence-corrected chi connectivity index (χ3v) is 5.52. The molecule has 0 aliphatic rings. The maximum atomic E-state index is 5.97. The van der Waals surface area contributed by atoms with Gasteiger partial charge in [-0.05, 0) is 45.3 Å². The average molecular weight is 340 g/mol. The van der Waals surface area contributed by atoms with Gasteiger partial charge in [-0.3, -0.25) is 0 Å². The summed E-state index contributed by atoms with van der Waals surface area (Å²) in [6, 6.07) is 19.6. The smallest absolute Gasteiger partial charge is 0.192 e. The largest absolute Gasteiger partial charge is 0.418 e. The van der Waals surface area contributed by atoms with Gasteiger partial charge in [0.1, 0.15) is 0 Å². The van der Waals surface area contributed by atoms with Crippen LogP contribution in [0.4, 0.5) is 0 Å². The van der Waals surface area contributed by atoms with Crippen molar-refractivity contribution in [1.82, 2.24) is 0 Å². The van der Waals surface area contributed by atoms with Crippen molar-refractivity contribution in [2.45, 2.75) is 6.42 Å². The van der Waals surface area contributed by atoms with Crippen molar-refractivity contribution in [1.29, 1.82) is 0 Å². The van der Waals surface area contributed by atoms with E-state index in [1.807, 2.05) is 0 Å². The predicted molar refractivity (Wildman–Crippen MR) is 103 cm³/mol. The SMILES string of the molecule is COCCOCCCO[SiH2]c1cccc2cc3ccccc3cc12. The van der Waals surface area contributed by atoms with Crippen LogP contribution in [0.15, 0.2) is 54.6 Å². The second-order valence-electron chi connectivity index (χ2n) is 5.85. The molecule has 0 fully saturated rings. The maximum Gasteiger partial charge on any atom is 0.192 e. The van der Waals surface area contributed by atoms with E-state index < -0.39 is 9.76 Å². The molecule has 4 heteroatoms. The van der Waals surface area contributed by atoms with Gasteiger partial charge in [0.05, 0.1) is 13.2 Å². The molecule has 0 radical (unpaired) electrons. The molecule has 0 spiro atoms. The quantitative estimate of drug-likeness (QED) is 0.341. The van der Waals surface area contributed by atoms with Crippen molar-refractivity contribution < 1.29 is 13.9 Å². The molecule has 0 aliphatic heterocycles. The highest BCUT2D eigenvalue weighted by molar-refractivity contribution is 6.51. The fourth-order valence-corrected chi connectivity index (χ4v) is 4.11. The van der Waals surface area contributed by atoms with E-state index in [0.29, 0.717) is 13.2 Å².